The molecule has 0 spiro atoms. The van der Waals surface area contributed by atoms with E-state index in [-0.39, 0.29) is 0 Å². The molecule has 68 valence electrons. The highest BCUT2D eigenvalue weighted by molar-refractivity contribution is 9.11. The summed E-state index contributed by atoms with van der Waals surface area (Å²) in [6.45, 7) is 6.76. The Labute approximate surface area is 86.4 Å². The molecule has 2 rings (SSSR count). The molecule has 1 aliphatic heterocycles. The van der Waals surface area contributed by atoms with Crippen LogP contribution in [0.15, 0.2) is 29.5 Å². The average molecular weight is 239 g/mol. The molecule has 0 amide bonds. The van der Waals surface area contributed by atoms with Gasteiger partial charge in [0.15, 0.2) is 0 Å². The lowest BCUT2D eigenvalue weighted by molar-refractivity contribution is 0.315. The van der Waals surface area contributed by atoms with Gasteiger partial charge in [-0.1, -0.05) is 22.5 Å². The largest absolute Gasteiger partial charge is 0.290 e. The van der Waals surface area contributed by atoms with Gasteiger partial charge in [0, 0.05) is 36.5 Å². The summed E-state index contributed by atoms with van der Waals surface area (Å²) in [4.78, 5) is 6.45. The van der Waals surface area contributed by atoms with Gasteiger partial charge in [0.25, 0.3) is 0 Å². The second-order valence-electron chi connectivity index (χ2n) is 3.31. The first-order valence-corrected chi connectivity index (χ1v) is 5.02. The molecule has 0 fully saturated rings. The Hall–Kier alpha value is -0.670. The Kier molecular flexibility index (Phi) is 2.47. The quantitative estimate of drug-likeness (QED) is 0.787. The van der Waals surface area contributed by atoms with E-state index in [1.165, 1.54) is 11.1 Å². The molecule has 0 aromatic carbocycles. The van der Waals surface area contributed by atoms with Crippen LogP contribution in [0.3, 0.4) is 0 Å². The number of rotatable bonds is 2. The summed E-state index contributed by atoms with van der Waals surface area (Å²) in [7, 11) is 0. The van der Waals surface area contributed by atoms with Crippen LogP contribution in [0, 0.1) is 0 Å². The van der Waals surface area contributed by atoms with Crippen molar-refractivity contribution >= 4 is 15.9 Å². The van der Waals surface area contributed by atoms with E-state index in [1.54, 1.807) is 0 Å². The van der Waals surface area contributed by atoms with Gasteiger partial charge in [0.2, 0.25) is 0 Å². The van der Waals surface area contributed by atoms with Gasteiger partial charge in [0.1, 0.15) is 0 Å². The molecule has 13 heavy (non-hydrogen) atoms. The van der Waals surface area contributed by atoms with Gasteiger partial charge < -0.3 is 0 Å². The topological polar surface area (TPSA) is 16.1 Å². The third kappa shape index (κ3) is 1.98. The molecule has 1 aliphatic rings. The number of nitrogens with zero attached hydrogens (tertiary/aromatic N) is 2. The fourth-order valence-electron chi connectivity index (χ4n) is 1.64. The summed E-state index contributed by atoms with van der Waals surface area (Å²) in [6.07, 6.45) is 3.80. The zero-order valence-electron chi connectivity index (χ0n) is 7.33. The smallest absolute Gasteiger partial charge is 0.0316 e. The van der Waals surface area contributed by atoms with E-state index in [4.69, 9.17) is 0 Å². The van der Waals surface area contributed by atoms with Gasteiger partial charge in [-0.25, -0.2) is 0 Å². The van der Waals surface area contributed by atoms with Crippen molar-refractivity contribution in [2.24, 2.45) is 0 Å². The van der Waals surface area contributed by atoms with E-state index in [9.17, 15) is 0 Å². The molecule has 0 N–H and O–H groups in total. The van der Waals surface area contributed by atoms with E-state index in [2.05, 4.69) is 38.5 Å². The van der Waals surface area contributed by atoms with Gasteiger partial charge in [-0.05, 0) is 17.2 Å². The highest BCUT2D eigenvalue weighted by Crippen LogP contribution is 2.22. The Bertz CT molecular complexity index is 310. The van der Waals surface area contributed by atoms with Gasteiger partial charge in [0.05, 0.1) is 0 Å². The van der Waals surface area contributed by atoms with Crippen LogP contribution in [0.2, 0.25) is 0 Å². The fourth-order valence-corrected chi connectivity index (χ4v) is 2.00. The normalized spacial score (nSPS) is 15.8. The standard InChI is InChI=1S/C10H11BrN2/c1-8(11)5-13-6-9-2-3-12-4-10(9)7-13/h2-4H,1,5-7H2. The van der Waals surface area contributed by atoms with Crippen LogP contribution in [0.25, 0.3) is 0 Å². The lowest BCUT2D eigenvalue weighted by Gasteiger charge is -2.12. The van der Waals surface area contributed by atoms with Crippen LogP contribution in [0.4, 0.5) is 0 Å². The molecule has 2 heterocycles. The third-order valence-electron chi connectivity index (χ3n) is 2.19. The second-order valence-corrected chi connectivity index (χ2v) is 4.43. The lowest BCUT2D eigenvalue weighted by Crippen LogP contribution is -2.17. The van der Waals surface area contributed by atoms with Crippen LogP contribution in [-0.4, -0.2) is 16.4 Å². The van der Waals surface area contributed by atoms with Crippen molar-refractivity contribution in [3.8, 4) is 0 Å². The zero-order chi connectivity index (χ0) is 9.26. The van der Waals surface area contributed by atoms with Gasteiger partial charge in [-0.15, -0.1) is 0 Å². The Morgan fingerprint density at radius 2 is 2.31 bits per heavy atom. The maximum Gasteiger partial charge on any atom is 0.0316 e. The van der Waals surface area contributed by atoms with Crippen molar-refractivity contribution in [1.82, 2.24) is 9.88 Å². The summed E-state index contributed by atoms with van der Waals surface area (Å²) in [6, 6.07) is 2.09. The molecule has 1 aromatic rings. The molecule has 0 saturated carbocycles. The summed E-state index contributed by atoms with van der Waals surface area (Å²) in [5.41, 5.74) is 2.74. The molecular formula is C10H11BrN2. The number of pyridine rings is 1. The van der Waals surface area contributed by atoms with Crippen LogP contribution in [-0.2, 0) is 13.1 Å². The molecule has 0 unspecified atom stereocenters. The predicted octanol–water partition coefficient (Wildman–Crippen LogP) is 2.31. The van der Waals surface area contributed by atoms with Crippen molar-refractivity contribution in [2.45, 2.75) is 13.1 Å². The lowest BCUT2D eigenvalue weighted by atomic mass is 10.2. The van der Waals surface area contributed by atoms with Crippen molar-refractivity contribution in [2.75, 3.05) is 6.54 Å². The van der Waals surface area contributed by atoms with E-state index in [0.717, 1.165) is 24.1 Å². The minimum absolute atomic E-state index is 0.911. The highest BCUT2D eigenvalue weighted by Gasteiger charge is 2.18. The van der Waals surface area contributed by atoms with E-state index in [0.29, 0.717) is 0 Å². The minimum Gasteiger partial charge on any atom is -0.290 e. The van der Waals surface area contributed by atoms with Crippen molar-refractivity contribution in [3.63, 3.8) is 0 Å². The molecular weight excluding hydrogens is 228 g/mol. The fraction of sp³-hybridized carbons (Fsp3) is 0.300. The van der Waals surface area contributed by atoms with Crippen LogP contribution in [0.1, 0.15) is 11.1 Å². The molecule has 2 nitrogen and oxygen atoms in total. The molecule has 0 atom stereocenters. The highest BCUT2D eigenvalue weighted by atomic mass is 79.9. The molecule has 3 heteroatoms. The molecule has 1 aromatic heterocycles. The van der Waals surface area contributed by atoms with E-state index in [1.807, 2.05) is 12.4 Å². The number of aromatic nitrogens is 1. The summed E-state index contributed by atoms with van der Waals surface area (Å²) in [5, 5.41) is 0. The van der Waals surface area contributed by atoms with Crippen molar-refractivity contribution in [1.29, 1.82) is 0 Å². The Balaban J connectivity index is 2.09. The maximum atomic E-state index is 4.11. The maximum absolute atomic E-state index is 4.11. The summed E-state index contributed by atoms with van der Waals surface area (Å²) >= 11 is 3.38. The first-order valence-electron chi connectivity index (χ1n) is 4.23. The number of hydrogen-bond acceptors (Lipinski definition) is 2. The molecule has 0 bridgehead atoms. The van der Waals surface area contributed by atoms with Crippen molar-refractivity contribution < 1.29 is 0 Å². The number of halogens is 1. The van der Waals surface area contributed by atoms with Crippen molar-refractivity contribution in [3.05, 3.63) is 40.6 Å². The van der Waals surface area contributed by atoms with Crippen LogP contribution in [0.5, 0.6) is 0 Å². The zero-order valence-corrected chi connectivity index (χ0v) is 8.92. The SMILES string of the molecule is C=C(Br)CN1Cc2ccncc2C1. The molecule has 0 aliphatic carbocycles. The molecule has 0 radical (unpaired) electrons. The monoisotopic (exact) mass is 238 g/mol. The first kappa shape index (κ1) is 8.91. The van der Waals surface area contributed by atoms with Crippen LogP contribution < -0.4 is 0 Å². The van der Waals surface area contributed by atoms with Crippen LogP contribution >= 0.6 is 15.9 Å². The molecule has 0 saturated heterocycles. The third-order valence-corrected chi connectivity index (χ3v) is 2.44. The first-order chi connectivity index (χ1) is 6.25. The van der Waals surface area contributed by atoms with Gasteiger partial charge in [-0.3, -0.25) is 9.88 Å². The van der Waals surface area contributed by atoms with E-state index >= 15 is 0 Å². The summed E-state index contributed by atoms with van der Waals surface area (Å²) in [5.74, 6) is 0. The number of hydrogen-bond donors (Lipinski definition) is 0. The Morgan fingerprint density at radius 1 is 1.54 bits per heavy atom. The van der Waals surface area contributed by atoms with E-state index < -0.39 is 0 Å². The summed E-state index contributed by atoms with van der Waals surface area (Å²) < 4.78 is 1.04. The average Bonchev–Trinajstić information content (AvgIpc) is 2.44. The van der Waals surface area contributed by atoms with Gasteiger partial charge in [-0.2, -0.15) is 0 Å². The predicted molar refractivity (Wildman–Crippen MR) is 56.4 cm³/mol. The van der Waals surface area contributed by atoms with Gasteiger partial charge >= 0.3 is 0 Å². The second kappa shape index (κ2) is 3.60. The number of fused-ring (bicyclic) bond motifs is 1. The minimum atomic E-state index is 0.911. The Morgan fingerprint density at radius 3 is 3.00 bits per heavy atom.